The Bertz CT molecular complexity index is 773. The van der Waals surface area contributed by atoms with Gasteiger partial charge >= 0.3 is 0 Å². The summed E-state index contributed by atoms with van der Waals surface area (Å²) in [6.07, 6.45) is 0. The van der Waals surface area contributed by atoms with Gasteiger partial charge in [0.1, 0.15) is 17.1 Å². The predicted octanol–water partition coefficient (Wildman–Crippen LogP) is 4.52. The summed E-state index contributed by atoms with van der Waals surface area (Å²) in [7, 11) is 3.62. The molecule has 25 heavy (non-hydrogen) atoms. The molecule has 1 atom stereocenters. The Kier molecular flexibility index (Phi) is 6.52. The second-order valence-electron chi connectivity index (χ2n) is 5.62. The smallest absolute Gasteiger partial charge is 0.256 e. The van der Waals surface area contributed by atoms with E-state index in [0.717, 1.165) is 0 Å². The van der Waals surface area contributed by atoms with Gasteiger partial charge in [0.05, 0.1) is 21.1 Å². The third kappa shape index (κ3) is 4.55. The van der Waals surface area contributed by atoms with Crippen molar-refractivity contribution in [2.75, 3.05) is 20.6 Å². The van der Waals surface area contributed by atoms with Crippen molar-refractivity contribution in [3.8, 4) is 5.75 Å². The molecule has 0 aliphatic rings. The lowest BCUT2D eigenvalue weighted by atomic mass is 10.1. The number of hydrogen-bond acceptors (Lipinski definition) is 3. The van der Waals surface area contributed by atoms with Crippen LogP contribution in [0.1, 0.15) is 22.0 Å². The fraction of sp³-hybridized carbons (Fsp3) is 0.235. The molecule has 1 unspecified atom stereocenters. The summed E-state index contributed by atoms with van der Waals surface area (Å²) in [6, 6.07) is 7.09. The van der Waals surface area contributed by atoms with Crippen molar-refractivity contribution in [2.24, 2.45) is 0 Å². The lowest BCUT2D eigenvalue weighted by Crippen LogP contribution is -2.34. The lowest BCUT2D eigenvalue weighted by Gasteiger charge is -2.25. The molecule has 0 heterocycles. The van der Waals surface area contributed by atoms with Gasteiger partial charge in [-0.1, -0.05) is 46.9 Å². The number of carbonyl (C=O) groups excluding carboxylic acids is 1. The van der Waals surface area contributed by atoms with Gasteiger partial charge in [-0.15, -0.1) is 0 Å². The average Bonchev–Trinajstić information content (AvgIpc) is 2.53. The molecule has 0 aromatic heterocycles. The summed E-state index contributed by atoms with van der Waals surface area (Å²) in [5.74, 6) is -1.44. The van der Waals surface area contributed by atoms with Crippen LogP contribution in [0.25, 0.3) is 0 Å². The Morgan fingerprint density at radius 1 is 1.24 bits per heavy atom. The summed E-state index contributed by atoms with van der Waals surface area (Å²) in [4.78, 5) is 14.3. The van der Waals surface area contributed by atoms with Crippen LogP contribution in [0, 0.1) is 5.82 Å². The Morgan fingerprint density at radius 2 is 1.92 bits per heavy atom. The quantitative estimate of drug-likeness (QED) is 0.719. The van der Waals surface area contributed by atoms with E-state index in [2.05, 4.69) is 5.32 Å². The first-order valence-electron chi connectivity index (χ1n) is 7.29. The number of likely N-dealkylation sites (N-methyl/N-ethyl adjacent to an activating group) is 1. The summed E-state index contributed by atoms with van der Waals surface area (Å²) >= 11 is 17.8. The van der Waals surface area contributed by atoms with E-state index >= 15 is 0 Å². The Hall–Kier alpha value is -1.53. The van der Waals surface area contributed by atoms with Gasteiger partial charge in [-0.3, -0.25) is 4.79 Å². The van der Waals surface area contributed by atoms with Crippen molar-refractivity contribution in [3.05, 3.63) is 62.3 Å². The number of amides is 1. The molecule has 4 nitrogen and oxygen atoms in total. The number of carbonyl (C=O) groups is 1. The van der Waals surface area contributed by atoms with E-state index in [9.17, 15) is 14.3 Å². The molecule has 134 valence electrons. The number of halogens is 4. The molecule has 0 saturated heterocycles. The van der Waals surface area contributed by atoms with Crippen LogP contribution in [-0.4, -0.2) is 36.6 Å². The van der Waals surface area contributed by atoms with Crippen LogP contribution in [0.5, 0.6) is 5.75 Å². The topological polar surface area (TPSA) is 52.6 Å². The van der Waals surface area contributed by atoms with Crippen molar-refractivity contribution < 1.29 is 14.3 Å². The highest BCUT2D eigenvalue weighted by molar-refractivity contribution is 6.45. The molecule has 0 fully saturated rings. The molecule has 0 spiro atoms. The molecular formula is C17H16Cl3FN2O2. The Morgan fingerprint density at radius 3 is 2.52 bits per heavy atom. The number of phenols is 1. The highest BCUT2D eigenvalue weighted by Crippen LogP contribution is 2.38. The third-order valence-corrected chi connectivity index (χ3v) is 4.76. The normalized spacial score (nSPS) is 12.3. The fourth-order valence-electron chi connectivity index (χ4n) is 2.38. The second-order valence-corrected chi connectivity index (χ2v) is 6.81. The lowest BCUT2D eigenvalue weighted by molar-refractivity contribution is 0.0939. The molecule has 0 saturated carbocycles. The van der Waals surface area contributed by atoms with Crippen molar-refractivity contribution in [3.63, 3.8) is 0 Å². The maximum absolute atomic E-state index is 13.5. The van der Waals surface area contributed by atoms with Crippen LogP contribution in [-0.2, 0) is 0 Å². The Balaban J connectivity index is 2.23. The number of benzene rings is 2. The number of aromatic hydroxyl groups is 1. The average molecular weight is 406 g/mol. The fourth-order valence-corrected chi connectivity index (χ4v) is 3.08. The van der Waals surface area contributed by atoms with Gasteiger partial charge in [-0.2, -0.15) is 0 Å². The first kappa shape index (κ1) is 19.8. The van der Waals surface area contributed by atoms with Gasteiger partial charge in [0.2, 0.25) is 0 Å². The van der Waals surface area contributed by atoms with E-state index in [1.165, 1.54) is 18.2 Å². The molecule has 0 aliphatic heterocycles. The van der Waals surface area contributed by atoms with E-state index in [1.54, 1.807) is 12.1 Å². The SMILES string of the molecule is CN(C)C(CNC(=O)c1c(O)c(Cl)cc(Cl)c1Cl)c1cccc(F)c1. The van der Waals surface area contributed by atoms with Crippen LogP contribution in [0.3, 0.4) is 0 Å². The van der Waals surface area contributed by atoms with Crippen molar-refractivity contribution >= 4 is 40.7 Å². The maximum Gasteiger partial charge on any atom is 0.256 e. The van der Waals surface area contributed by atoms with Gasteiger partial charge in [0.15, 0.2) is 0 Å². The van der Waals surface area contributed by atoms with Crippen molar-refractivity contribution in [2.45, 2.75) is 6.04 Å². The summed E-state index contributed by atoms with van der Waals surface area (Å²) in [5, 5.41) is 12.6. The van der Waals surface area contributed by atoms with Gasteiger partial charge in [-0.25, -0.2) is 4.39 Å². The summed E-state index contributed by atoms with van der Waals surface area (Å²) < 4.78 is 13.5. The van der Waals surface area contributed by atoms with E-state index in [1.807, 2.05) is 19.0 Å². The standard InChI is InChI=1S/C17H16Cl3FN2O2/c1-23(2)13(9-4-3-5-10(21)6-9)8-22-17(25)14-15(20)11(18)7-12(19)16(14)24/h3-7,13,24H,8H2,1-2H3,(H,22,25). The molecular weight excluding hydrogens is 390 g/mol. The molecule has 0 bridgehead atoms. The molecule has 0 aliphatic carbocycles. The first-order valence-corrected chi connectivity index (χ1v) is 8.42. The number of rotatable bonds is 5. The van der Waals surface area contributed by atoms with Crippen LogP contribution < -0.4 is 5.32 Å². The zero-order valence-corrected chi connectivity index (χ0v) is 15.8. The summed E-state index contributed by atoms with van der Waals surface area (Å²) in [6.45, 7) is 0.162. The molecule has 2 aromatic rings. The zero-order valence-electron chi connectivity index (χ0n) is 13.5. The van der Waals surface area contributed by atoms with Gasteiger partial charge < -0.3 is 15.3 Å². The van der Waals surface area contributed by atoms with E-state index < -0.39 is 11.7 Å². The van der Waals surface area contributed by atoms with Gasteiger partial charge in [0, 0.05) is 6.54 Å². The van der Waals surface area contributed by atoms with Gasteiger partial charge in [-0.05, 0) is 37.9 Å². The molecule has 2 aromatic carbocycles. The van der Waals surface area contributed by atoms with E-state index in [-0.39, 0.29) is 39.0 Å². The first-order chi connectivity index (χ1) is 11.7. The number of hydrogen-bond donors (Lipinski definition) is 2. The van der Waals surface area contributed by atoms with Crippen LogP contribution in [0.15, 0.2) is 30.3 Å². The third-order valence-electron chi connectivity index (χ3n) is 3.69. The van der Waals surface area contributed by atoms with Crippen molar-refractivity contribution in [1.29, 1.82) is 0 Å². The van der Waals surface area contributed by atoms with E-state index in [0.29, 0.717) is 5.56 Å². The molecule has 2 N–H and O–H groups in total. The number of nitrogens with zero attached hydrogens (tertiary/aromatic N) is 1. The number of phenolic OH excluding ortho intramolecular Hbond substituents is 1. The van der Waals surface area contributed by atoms with E-state index in [4.69, 9.17) is 34.8 Å². The van der Waals surface area contributed by atoms with Crippen LogP contribution in [0.4, 0.5) is 4.39 Å². The molecule has 8 heteroatoms. The molecule has 0 radical (unpaired) electrons. The minimum atomic E-state index is -0.629. The highest BCUT2D eigenvalue weighted by atomic mass is 35.5. The number of nitrogens with one attached hydrogen (secondary N) is 1. The van der Waals surface area contributed by atoms with Crippen LogP contribution in [0.2, 0.25) is 15.1 Å². The van der Waals surface area contributed by atoms with Gasteiger partial charge in [0.25, 0.3) is 5.91 Å². The monoisotopic (exact) mass is 404 g/mol. The largest absolute Gasteiger partial charge is 0.505 e. The summed E-state index contributed by atoms with van der Waals surface area (Å²) in [5.41, 5.74) is 0.501. The minimum absolute atomic E-state index is 0.0592. The predicted molar refractivity (Wildman–Crippen MR) is 98.3 cm³/mol. The molecule has 1 amide bonds. The molecule has 2 rings (SSSR count). The highest BCUT2D eigenvalue weighted by Gasteiger charge is 2.23. The van der Waals surface area contributed by atoms with Crippen LogP contribution >= 0.6 is 34.8 Å². The maximum atomic E-state index is 13.5. The zero-order chi connectivity index (χ0) is 18.7. The minimum Gasteiger partial charge on any atom is -0.505 e. The van der Waals surface area contributed by atoms with Crippen molar-refractivity contribution in [1.82, 2.24) is 10.2 Å². The second kappa shape index (κ2) is 8.23. The Labute approximate surface area is 160 Å².